The molecule has 1 saturated heterocycles. The van der Waals surface area contributed by atoms with Gasteiger partial charge >= 0.3 is 0 Å². The Kier molecular flexibility index (Phi) is 2.35. The van der Waals surface area contributed by atoms with Crippen molar-refractivity contribution in [2.24, 2.45) is 0 Å². The van der Waals surface area contributed by atoms with Crippen LogP contribution in [0.5, 0.6) is 0 Å². The zero-order valence-electron chi connectivity index (χ0n) is 5.50. The Morgan fingerprint density at radius 2 is 2.00 bits per heavy atom. The molecule has 0 aromatic rings. The third kappa shape index (κ3) is 1.82. The quantitative estimate of drug-likeness (QED) is 0.605. The predicted octanol–water partition coefficient (Wildman–Crippen LogP) is 0.856. The van der Waals surface area contributed by atoms with Crippen molar-refractivity contribution in [1.29, 1.82) is 0 Å². The van der Waals surface area contributed by atoms with Crippen molar-refractivity contribution in [2.75, 3.05) is 31.8 Å². The summed E-state index contributed by atoms with van der Waals surface area (Å²) in [6.07, 6.45) is 0. The van der Waals surface area contributed by atoms with E-state index < -0.39 is 10.6 Å². The van der Waals surface area contributed by atoms with E-state index in [4.69, 9.17) is 8.92 Å². The van der Waals surface area contributed by atoms with Gasteiger partial charge < -0.3 is 4.74 Å². The summed E-state index contributed by atoms with van der Waals surface area (Å²) in [7, 11) is -0.147. The van der Waals surface area contributed by atoms with E-state index >= 15 is 0 Å². The Balaban J connectivity index is 2.37. The lowest BCUT2D eigenvalue weighted by Gasteiger charge is -2.39. The van der Waals surface area contributed by atoms with Crippen molar-refractivity contribution < 1.29 is 13.5 Å². The van der Waals surface area contributed by atoms with Crippen molar-refractivity contribution in [2.45, 2.75) is 0 Å². The van der Waals surface area contributed by atoms with Crippen LogP contribution in [0.1, 0.15) is 0 Å². The van der Waals surface area contributed by atoms with Gasteiger partial charge in [0.05, 0.1) is 31.8 Å². The fraction of sp³-hybridized carbons (Fsp3) is 1.00. The molecule has 0 bridgehead atoms. The molecule has 1 fully saturated rings. The molecule has 0 atom stereocenters. The highest BCUT2D eigenvalue weighted by atomic mass is 32.3. The first-order valence-corrected chi connectivity index (χ1v) is 4.77. The van der Waals surface area contributed by atoms with Crippen LogP contribution in [-0.4, -0.2) is 36.4 Å². The molecule has 1 heterocycles. The lowest BCUT2D eigenvalue weighted by Crippen LogP contribution is -2.23. The fourth-order valence-corrected chi connectivity index (χ4v) is 2.04. The normalized spacial score (nSPS) is 29.6. The van der Waals surface area contributed by atoms with Gasteiger partial charge in [-0.1, -0.05) is 0 Å². The van der Waals surface area contributed by atoms with Crippen molar-refractivity contribution >= 4 is 10.6 Å². The Morgan fingerprint density at radius 3 is 2.33 bits per heavy atom. The molecular formula is C5H12O3S. The van der Waals surface area contributed by atoms with Gasteiger partial charge in [0.1, 0.15) is 0 Å². The highest BCUT2D eigenvalue weighted by Gasteiger charge is 2.18. The van der Waals surface area contributed by atoms with Gasteiger partial charge in [-0.25, -0.2) is 0 Å². The molecule has 1 rings (SSSR count). The first-order valence-electron chi connectivity index (χ1n) is 2.91. The molecule has 0 aromatic carbocycles. The van der Waals surface area contributed by atoms with Crippen LogP contribution in [0.15, 0.2) is 0 Å². The molecule has 1 aliphatic heterocycles. The largest absolute Gasteiger partial charge is 0.378 e. The van der Waals surface area contributed by atoms with E-state index in [0.29, 0.717) is 24.7 Å². The molecule has 3 nitrogen and oxygen atoms in total. The Hall–Kier alpha value is 0.230. The summed E-state index contributed by atoms with van der Waals surface area (Å²) < 4.78 is 19.4. The summed E-state index contributed by atoms with van der Waals surface area (Å²) in [5.41, 5.74) is 0. The standard InChI is InChI=1S/C5H12O3S/c1-7-9(6)4-2-8-3-5-9/h6H,2-5H2,1H3. The zero-order chi connectivity index (χ0) is 6.74. The fourth-order valence-electron chi connectivity index (χ4n) is 0.749. The lowest BCUT2D eigenvalue weighted by molar-refractivity contribution is 0.149. The van der Waals surface area contributed by atoms with Gasteiger partial charge in [0, 0.05) is 0 Å². The van der Waals surface area contributed by atoms with Gasteiger partial charge in [-0.05, 0) is 0 Å². The topological polar surface area (TPSA) is 38.7 Å². The number of hydrogen-bond donors (Lipinski definition) is 1. The Bertz CT molecular complexity index is 90.2. The molecule has 0 aliphatic carbocycles. The minimum atomic E-state index is -1.70. The average molecular weight is 152 g/mol. The maximum absolute atomic E-state index is 9.46. The average Bonchev–Trinajstić information content (AvgIpc) is 1.90. The summed E-state index contributed by atoms with van der Waals surface area (Å²) in [6.45, 7) is 1.28. The number of ether oxygens (including phenoxy) is 1. The van der Waals surface area contributed by atoms with E-state index in [1.54, 1.807) is 7.11 Å². The molecule has 0 amide bonds. The van der Waals surface area contributed by atoms with Gasteiger partial charge in [0.15, 0.2) is 0 Å². The third-order valence-electron chi connectivity index (χ3n) is 1.40. The van der Waals surface area contributed by atoms with Gasteiger partial charge in [0.2, 0.25) is 0 Å². The van der Waals surface area contributed by atoms with Crippen LogP contribution in [0.2, 0.25) is 0 Å². The molecule has 0 spiro atoms. The van der Waals surface area contributed by atoms with Crippen molar-refractivity contribution in [1.82, 2.24) is 0 Å². The van der Waals surface area contributed by atoms with Crippen LogP contribution < -0.4 is 0 Å². The van der Waals surface area contributed by atoms with Crippen LogP contribution in [0.3, 0.4) is 0 Å². The molecule has 1 N–H and O–H groups in total. The van der Waals surface area contributed by atoms with Gasteiger partial charge in [-0.15, -0.1) is 0 Å². The molecule has 9 heavy (non-hydrogen) atoms. The van der Waals surface area contributed by atoms with E-state index in [1.807, 2.05) is 0 Å². The van der Waals surface area contributed by atoms with Crippen LogP contribution in [0.4, 0.5) is 0 Å². The lowest BCUT2D eigenvalue weighted by atomic mass is 10.8. The molecule has 4 heteroatoms. The molecule has 56 valence electrons. The van der Waals surface area contributed by atoms with E-state index in [2.05, 4.69) is 0 Å². The van der Waals surface area contributed by atoms with Crippen molar-refractivity contribution in [3.63, 3.8) is 0 Å². The highest BCUT2D eigenvalue weighted by Crippen LogP contribution is 2.44. The monoisotopic (exact) mass is 152 g/mol. The van der Waals surface area contributed by atoms with Crippen LogP contribution in [0.25, 0.3) is 0 Å². The Labute approximate surface area is 56.7 Å². The second-order valence-corrected chi connectivity index (χ2v) is 4.65. The smallest absolute Gasteiger partial charge is 0.0640 e. The van der Waals surface area contributed by atoms with E-state index in [1.165, 1.54) is 0 Å². The zero-order valence-corrected chi connectivity index (χ0v) is 6.32. The van der Waals surface area contributed by atoms with Crippen molar-refractivity contribution in [3.8, 4) is 0 Å². The summed E-state index contributed by atoms with van der Waals surface area (Å²) in [6, 6.07) is 0. The summed E-state index contributed by atoms with van der Waals surface area (Å²) >= 11 is 0. The minimum absolute atomic E-state index is 0.639. The SMILES string of the molecule is COS1(O)CCOCC1. The van der Waals surface area contributed by atoms with E-state index in [0.717, 1.165) is 0 Å². The second-order valence-electron chi connectivity index (χ2n) is 1.96. The molecule has 0 unspecified atom stereocenters. The van der Waals surface area contributed by atoms with Crippen LogP contribution in [-0.2, 0) is 8.92 Å². The summed E-state index contributed by atoms with van der Waals surface area (Å²) in [5, 5.41) is 0. The predicted molar refractivity (Wildman–Crippen MR) is 37.8 cm³/mol. The summed E-state index contributed by atoms with van der Waals surface area (Å²) in [5.74, 6) is 1.34. The highest BCUT2D eigenvalue weighted by molar-refractivity contribution is 8.25. The second kappa shape index (κ2) is 2.88. The van der Waals surface area contributed by atoms with E-state index in [9.17, 15) is 4.55 Å². The minimum Gasteiger partial charge on any atom is -0.378 e. The maximum atomic E-state index is 9.46. The Morgan fingerprint density at radius 1 is 1.44 bits per heavy atom. The maximum Gasteiger partial charge on any atom is 0.0640 e. The van der Waals surface area contributed by atoms with Gasteiger partial charge in [-0.2, -0.15) is 10.6 Å². The van der Waals surface area contributed by atoms with Gasteiger partial charge in [-0.3, -0.25) is 8.74 Å². The first kappa shape index (κ1) is 7.34. The molecule has 1 aliphatic rings. The summed E-state index contributed by atoms with van der Waals surface area (Å²) in [4.78, 5) is 0. The third-order valence-corrected chi connectivity index (χ3v) is 3.63. The molecular weight excluding hydrogens is 140 g/mol. The van der Waals surface area contributed by atoms with E-state index in [-0.39, 0.29) is 0 Å². The van der Waals surface area contributed by atoms with Crippen LogP contribution >= 0.6 is 10.6 Å². The number of rotatable bonds is 1. The number of hydrogen-bond acceptors (Lipinski definition) is 3. The first-order chi connectivity index (χ1) is 4.27. The van der Waals surface area contributed by atoms with Crippen LogP contribution in [0, 0.1) is 0 Å². The molecule has 0 aromatic heterocycles. The van der Waals surface area contributed by atoms with Crippen molar-refractivity contribution in [3.05, 3.63) is 0 Å². The molecule has 0 saturated carbocycles. The van der Waals surface area contributed by atoms with Gasteiger partial charge in [0.25, 0.3) is 0 Å². The molecule has 0 radical (unpaired) electrons.